The van der Waals surface area contributed by atoms with Crippen molar-refractivity contribution in [1.82, 2.24) is 0 Å². The highest BCUT2D eigenvalue weighted by Gasteiger charge is 2.07. The molecular formula is C23H27NO3. The molecule has 0 atom stereocenters. The van der Waals surface area contributed by atoms with Gasteiger partial charge in [-0.1, -0.05) is 56.0 Å². The van der Waals surface area contributed by atoms with Crippen molar-refractivity contribution < 1.29 is 14.3 Å². The summed E-state index contributed by atoms with van der Waals surface area (Å²) in [4.78, 5) is 24.0. The Morgan fingerprint density at radius 2 is 1.67 bits per heavy atom. The molecule has 0 heterocycles. The maximum Gasteiger partial charge on any atom is 0.338 e. The molecule has 0 unspecified atom stereocenters. The molecule has 27 heavy (non-hydrogen) atoms. The van der Waals surface area contributed by atoms with Crippen molar-refractivity contribution >= 4 is 23.6 Å². The molecule has 4 nitrogen and oxygen atoms in total. The Hall–Kier alpha value is -2.88. The number of aryl methyl sites for hydroxylation is 1. The minimum Gasteiger partial charge on any atom is -0.462 e. The Kier molecular flexibility index (Phi) is 8.30. The van der Waals surface area contributed by atoms with Crippen molar-refractivity contribution in [3.05, 3.63) is 71.3 Å². The largest absolute Gasteiger partial charge is 0.462 e. The van der Waals surface area contributed by atoms with E-state index in [4.69, 9.17) is 4.74 Å². The first kappa shape index (κ1) is 20.4. The van der Waals surface area contributed by atoms with Gasteiger partial charge in [-0.05, 0) is 49.2 Å². The molecule has 0 spiro atoms. The predicted octanol–water partition coefficient (Wildman–Crippen LogP) is 5.38. The second kappa shape index (κ2) is 11.0. The summed E-state index contributed by atoms with van der Waals surface area (Å²) in [5.74, 6) is -0.550. The van der Waals surface area contributed by atoms with E-state index in [2.05, 4.69) is 12.2 Å². The highest BCUT2D eigenvalue weighted by atomic mass is 16.5. The molecular weight excluding hydrogens is 338 g/mol. The van der Waals surface area contributed by atoms with Gasteiger partial charge in [0.2, 0.25) is 5.91 Å². The van der Waals surface area contributed by atoms with Gasteiger partial charge in [0.1, 0.15) is 0 Å². The van der Waals surface area contributed by atoms with Gasteiger partial charge >= 0.3 is 5.97 Å². The molecule has 4 heteroatoms. The van der Waals surface area contributed by atoms with Crippen LogP contribution in [0.4, 0.5) is 5.69 Å². The number of unbranched alkanes of at least 4 members (excludes halogenated alkanes) is 3. The van der Waals surface area contributed by atoms with Crippen LogP contribution in [0.1, 0.15) is 54.1 Å². The number of hydrogen-bond donors (Lipinski definition) is 1. The lowest BCUT2D eigenvalue weighted by Crippen LogP contribution is -2.09. The number of hydrogen-bond acceptors (Lipinski definition) is 3. The zero-order chi connectivity index (χ0) is 19.5. The zero-order valence-corrected chi connectivity index (χ0v) is 16.0. The standard InChI is InChI=1S/C23H27NO3/c1-3-4-5-6-17-27-23(26)20-12-14-21(15-13-20)24-22(25)16-11-19-9-7-18(2)8-10-19/h7-16H,3-6,17H2,1-2H3,(H,24,25). The summed E-state index contributed by atoms with van der Waals surface area (Å²) in [5, 5.41) is 2.78. The van der Waals surface area contributed by atoms with Crippen LogP contribution in [0.25, 0.3) is 6.08 Å². The van der Waals surface area contributed by atoms with Crippen LogP contribution in [-0.4, -0.2) is 18.5 Å². The summed E-state index contributed by atoms with van der Waals surface area (Å²) in [6, 6.07) is 14.6. The minimum absolute atomic E-state index is 0.221. The summed E-state index contributed by atoms with van der Waals surface area (Å²) >= 11 is 0. The molecule has 0 aliphatic heterocycles. The summed E-state index contributed by atoms with van der Waals surface area (Å²) in [6.07, 6.45) is 7.53. The van der Waals surface area contributed by atoms with E-state index in [9.17, 15) is 9.59 Å². The number of carbonyl (C=O) groups excluding carboxylic acids is 2. The Morgan fingerprint density at radius 3 is 2.33 bits per heavy atom. The molecule has 0 fully saturated rings. The molecule has 0 saturated carbocycles. The van der Waals surface area contributed by atoms with Gasteiger partial charge in [0, 0.05) is 11.8 Å². The van der Waals surface area contributed by atoms with E-state index in [1.807, 2.05) is 31.2 Å². The van der Waals surface area contributed by atoms with Gasteiger partial charge in [-0.3, -0.25) is 4.79 Å². The Labute approximate surface area is 161 Å². The predicted molar refractivity (Wildman–Crippen MR) is 110 cm³/mol. The summed E-state index contributed by atoms with van der Waals surface area (Å²) in [6.45, 7) is 4.61. The number of anilines is 1. The summed E-state index contributed by atoms with van der Waals surface area (Å²) in [7, 11) is 0. The molecule has 142 valence electrons. The van der Waals surface area contributed by atoms with E-state index in [1.165, 1.54) is 11.6 Å². The first-order valence-electron chi connectivity index (χ1n) is 9.41. The fourth-order valence-corrected chi connectivity index (χ4v) is 2.50. The topological polar surface area (TPSA) is 55.4 Å². The van der Waals surface area contributed by atoms with Crippen molar-refractivity contribution in [2.75, 3.05) is 11.9 Å². The van der Waals surface area contributed by atoms with Crippen LogP contribution in [0.5, 0.6) is 0 Å². The monoisotopic (exact) mass is 365 g/mol. The van der Waals surface area contributed by atoms with Crippen LogP contribution >= 0.6 is 0 Å². The first-order valence-corrected chi connectivity index (χ1v) is 9.41. The number of carbonyl (C=O) groups is 2. The van der Waals surface area contributed by atoms with Crippen LogP contribution < -0.4 is 5.32 Å². The van der Waals surface area contributed by atoms with Gasteiger partial charge < -0.3 is 10.1 Å². The quantitative estimate of drug-likeness (QED) is 0.368. The van der Waals surface area contributed by atoms with Crippen molar-refractivity contribution in [2.45, 2.75) is 39.5 Å². The van der Waals surface area contributed by atoms with E-state index in [0.717, 1.165) is 31.2 Å². The molecule has 0 aliphatic rings. The third-order valence-corrected chi connectivity index (χ3v) is 4.12. The lowest BCUT2D eigenvalue weighted by molar-refractivity contribution is -0.111. The Balaban J connectivity index is 1.81. The second-order valence-electron chi connectivity index (χ2n) is 6.51. The molecule has 1 amide bonds. The number of rotatable bonds is 9. The lowest BCUT2D eigenvalue weighted by atomic mass is 10.1. The highest BCUT2D eigenvalue weighted by Crippen LogP contribution is 2.12. The van der Waals surface area contributed by atoms with Crippen molar-refractivity contribution in [2.24, 2.45) is 0 Å². The fraction of sp³-hybridized carbons (Fsp3) is 0.304. The van der Waals surface area contributed by atoms with E-state index in [-0.39, 0.29) is 11.9 Å². The van der Waals surface area contributed by atoms with Gasteiger partial charge in [-0.2, -0.15) is 0 Å². The average molecular weight is 365 g/mol. The zero-order valence-electron chi connectivity index (χ0n) is 16.0. The summed E-state index contributed by atoms with van der Waals surface area (Å²) in [5.41, 5.74) is 3.26. The van der Waals surface area contributed by atoms with Crippen LogP contribution in [-0.2, 0) is 9.53 Å². The smallest absolute Gasteiger partial charge is 0.338 e. The van der Waals surface area contributed by atoms with Gasteiger partial charge in [0.05, 0.1) is 12.2 Å². The fourth-order valence-electron chi connectivity index (χ4n) is 2.50. The van der Waals surface area contributed by atoms with Gasteiger partial charge in [-0.25, -0.2) is 4.79 Å². The van der Waals surface area contributed by atoms with Gasteiger partial charge in [0.15, 0.2) is 0 Å². The number of amides is 1. The van der Waals surface area contributed by atoms with Crippen LogP contribution in [0, 0.1) is 6.92 Å². The third kappa shape index (κ3) is 7.48. The van der Waals surface area contributed by atoms with E-state index < -0.39 is 0 Å². The molecule has 1 N–H and O–H groups in total. The molecule has 2 aromatic rings. The summed E-state index contributed by atoms with van der Waals surface area (Å²) < 4.78 is 5.25. The van der Waals surface area contributed by atoms with Gasteiger partial charge in [0.25, 0.3) is 0 Å². The van der Waals surface area contributed by atoms with Crippen molar-refractivity contribution in [3.63, 3.8) is 0 Å². The van der Waals surface area contributed by atoms with Crippen LogP contribution in [0.15, 0.2) is 54.6 Å². The molecule has 2 aromatic carbocycles. The Morgan fingerprint density at radius 1 is 0.963 bits per heavy atom. The normalized spacial score (nSPS) is 10.7. The third-order valence-electron chi connectivity index (χ3n) is 4.12. The number of esters is 1. The molecule has 2 rings (SSSR count). The Bertz CT molecular complexity index is 761. The first-order chi connectivity index (χ1) is 13.1. The molecule has 0 bridgehead atoms. The molecule has 0 saturated heterocycles. The average Bonchev–Trinajstić information content (AvgIpc) is 2.68. The number of ether oxygens (including phenoxy) is 1. The molecule has 0 aromatic heterocycles. The maximum atomic E-state index is 12.0. The van der Waals surface area contributed by atoms with Crippen molar-refractivity contribution in [1.29, 1.82) is 0 Å². The minimum atomic E-state index is -0.330. The van der Waals surface area contributed by atoms with Gasteiger partial charge in [-0.15, -0.1) is 0 Å². The molecule has 0 aliphatic carbocycles. The molecule has 0 radical (unpaired) electrons. The van der Waals surface area contributed by atoms with E-state index in [0.29, 0.717) is 17.9 Å². The highest BCUT2D eigenvalue weighted by molar-refractivity contribution is 6.02. The second-order valence-corrected chi connectivity index (χ2v) is 6.51. The van der Waals surface area contributed by atoms with Crippen LogP contribution in [0.3, 0.4) is 0 Å². The van der Waals surface area contributed by atoms with E-state index >= 15 is 0 Å². The maximum absolute atomic E-state index is 12.0. The van der Waals surface area contributed by atoms with Crippen LogP contribution in [0.2, 0.25) is 0 Å². The number of benzene rings is 2. The lowest BCUT2D eigenvalue weighted by Gasteiger charge is -2.06. The van der Waals surface area contributed by atoms with Crippen molar-refractivity contribution in [3.8, 4) is 0 Å². The SMILES string of the molecule is CCCCCCOC(=O)c1ccc(NC(=O)C=Cc2ccc(C)cc2)cc1. The number of nitrogens with one attached hydrogen (secondary N) is 1. The van der Waals surface area contributed by atoms with E-state index in [1.54, 1.807) is 30.3 Å².